The van der Waals surface area contributed by atoms with Gasteiger partial charge in [0.15, 0.2) is 5.16 Å². The van der Waals surface area contributed by atoms with Crippen LogP contribution in [0.25, 0.3) is 0 Å². The molecule has 1 aromatic carbocycles. The van der Waals surface area contributed by atoms with E-state index in [-0.39, 0.29) is 5.75 Å². The molecule has 0 fully saturated rings. The smallest absolute Gasteiger partial charge is 0.313 e. The lowest BCUT2D eigenvalue weighted by molar-refractivity contribution is -0.133. The molecule has 2 aromatic rings. The first-order chi connectivity index (χ1) is 12.0. The second kappa shape index (κ2) is 9.62. The average molecular weight is 426 g/mol. The second-order valence-corrected chi connectivity index (χ2v) is 7.16. The van der Waals surface area contributed by atoms with Crippen LogP contribution in [0.1, 0.15) is 17.8 Å². The van der Waals surface area contributed by atoms with Crippen LogP contribution in [-0.2, 0) is 17.8 Å². The van der Waals surface area contributed by atoms with Gasteiger partial charge in [0.2, 0.25) is 0 Å². The number of thioether (sulfide) groups is 1. The fourth-order valence-electron chi connectivity index (χ4n) is 2.18. The fraction of sp³-hybridized carbons (Fsp3) is 0.353. The van der Waals surface area contributed by atoms with Crippen LogP contribution in [0.4, 0.5) is 0 Å². The Hall–Kier alpha value is -1.80. The highest BCUT2D eigenvalue weighted by Crippen LogP contribution is 2.26. The summed E-state index contributed by atoms with van der Waals surface area (Å²) in [5.41, 5.74) is 1.17. The van der Waals surface area contributed by atoms with Crippen LogP contribution in [0.5, 0.6) is 5.75 Å². The molecule has 25 heavy (non-hydrogen) atoms. The van der Waals surface area contributed by atoms with Gasteiger partial charge in [0.25, 0.3) is 0 Å². The van der Waals surface area contributed by atoms with Crippen LogP contribution < -0.4 is 4.74 Å². The van der Waals surface area contributed by atoms with E-state index >= 15 is 0 Å². The van der Waals surface area contributed by atoms with Crippen LogP contribution in [-0.4, -0.2) is 38.2 Å². The first-order valence-corrected chi connectivity index (χ1v) is 9.55. The normalized spacial score (nSPS) is 10.6. The van der Waals surface area contributed by atoms with Crippen molar-refractivity contribution in [1.82, 2.24) is 14.8 Å². The SMILES string of the molecule is C=CCn1c(CCCOc2ccc(C)cc2Br)nnc1SCC(=O)O. The van der Waals surface area contributed by atoms with Gasteiger partial charge in [-0.1, -0.05) is 23.9 Å². The van der Waals surface area contributed by atoms with E-state index in [4.69, 9.17) is 9.84 Å². The van der Waals surface area contributed by atoms with E-state index in [0.717, 1.165) is 34.2 Å². The Morgan fingerprint density at radius 3 is 2.96 bits per heavy atom. The van der Waals surface area contributed by atoms with Crippen molar-refractivity contribution in [2.45, 2.75) is 31.5 Å². The summed E-state index contributed by atoms with van der Waals surface area (Å²) in [6.45, 7) is 6.87. The van der Waals surface area contributed by atoms with Crippen LogP contribution >= 0.6 is 27.7 Å². The number of ether oxygens (including phenoxy) is 1. The Kier molecular flexibility index (Phi) is 7.52. The molecule has 0 atom stereocenters. The lowest BCUT2D eigenvalue weighted by atomic mass is 10.2. The number of allylic oxidation sites excluding steroid dienone is 1. The molecule has 0 aliphatic heterocycles. The molecular formula is C17H20BrN3O3S. The Labute approximate surface area is 159 Å². The third kappa shape index (κ3) is 5.89. The maximum Gasteiger partial charge on any atom is 0.313 e. The second-order valence-electron chi connectivity index (χ2n) is 5.37. The number of aryl methyl sites for hydroxylation is 2. The topological polar surface area (TPSA) is 77.2 Å². The van der Waals surface area contributed by atoms with Crippen LogP contribution in [0.2, 0.25) is 0 Å². The van der Waals surface area contributed by atoms with Crippen molar-refractivity contribution in [2.75, 3.05) is 12.4 Å². The number of aliphatic carboxylic acids is 1. The number of hydrogen-bond acceptors (Lipinski definition) is 5. The molecule has 134 valence electrons. The summed E-state index contributed by atoms with van der Waals surface area (Å²) in [6, 6.07) is 5.97. The molecular weight excluding hydrogens is 406 g/mol. The van der Waals surface area contributed by atoms with Gasteiger partial charge in [0.1, 0.15) is 11.6 Å². The van der Waals surface area contributed by atoms with Gasteiger partial charge in [-0.05, 0) is 47.0 Å². The summed E-state index contributed by atoms with van der Waals surface area (Å²) >= 11 is 4.66. The minimum absolute atomic E-state index is 0.0418. The Balaban J connectivity index is 1.91. The Morgan fingerprint density at radius 1 is 1.48 bits per heavy atom. The largest absolute Gasteiger partial charge is 0.492 e. The minimum Gasteiger partial charge on any atom is -0.492 e. The number of aromatic nitrogens is 3. The minimum atomic E-state index is -0.878. The summed E-state index contributed by atoms with van der Waals surface area (Å²) in [6.07, 6.45) is 3.22. The summed E-state index contributed by atoms with van der Waals surface area (Å²) in [4.78, 5) is 10.7. The molecule has 0 bridgehead atoms. The molecule has 1 heterocycles. The lowest BCUT2D eigenvalue weighted by Crippen LogP contribution is -2.08. The van der Waals surface area contributed by atoms with Crippen LogP contribution in [0.15, 0.2) is 40.5 Å². The highest BCUT2D eigenvalue weighted by molar-refractivity contribution is 9.10. The van der Waals surface area contributed by atoms with Gasteiger partial charge in [-0.2, -0.15) is 0 Å². The maximum absolute atomic E-state index is 10.7. The predicted molar refractivity (Wildman–Crippen MR) is 101 cm³/mol. The van der Waals surface area contributed by atoms with Crippen molar-refractivity contribution >= 4 is 33.7 Å². The summed E-state index contributed by atoms with van der Waals surface area (Å²) in [5, 5.41) is 17.7. The molecule has 0 saturated carbocycles. The Bertz CT molecular complexity index is 749. The van der Waals surface area contributed by atoms with Gasteiger partial charge in [0.05, 0.1) is 16.8 Å². The third-order valence-corrected chi connectivity index (χ3v) is 4.89. The van der Waals surface area contributed by atoms with Crippen molar-refractivity contribution in [3.8, 4) is 5.75 Å². The zero-order valence-electron chi connectivity index (χ0n) is 13.9. The Morgan fingerprint density at radius 2 is 2.28 bits per heavy atom. The zero-order valence-corrected chi connectivity index (χ0v) is 16.3. The number of carboxylic acid groups (broad SMARTS) is 1. The third-order valence-electron chi connectivity index (χ3n) is 3.32. The van der Waals surface area contributed by atoms with Gasteiger partial charge in [-0.15, -0.1) is 16.8 Å². The number of carboxylic acids is 1. The van der Waals surface area contributed by atoms with Crippen molar-refractivity contribution in [1.29, 1.82) is 0 Å². The van der Waals surface area contributed by atoms with E-state index in [0.29, 0.717) is 24.7 Å². The zero-order chi connectivity index (χ0) is 18.2. The monoisotopic (exact) mass is 425 g/mol. The van der Waals surface area contributed by atoms with Gasteiger partial charge in [0, 0.05) is 13.0 Å². The van der Waals surface area contributed by atoms with Gasteiger partial charge in [-0.25, -0.2) is 0 Å². The van der Waals surface area contributed by atoms with E-state index in [1.807, 2.05) is 29.7 Å². The van der Waals surface area contributed by atoms with Crippen molar-refractivity contribution in [2.24, 2.45) is 0 Å². The number of halogens is 1. The van der Waals surface area contributed by atoms with Gasteiger partial charge in [-0.3, -0.25) is 4.79 Å². The first-order valence-electron chi connectivity index (χ1n) is 7.77. The standard InChI is InChI=1S/C17H20BrN3O3S/c1-3-8-21-15(19-20-17(21)25-11-16(22)23)5-4-9-24-14-7-6-12(2)10-13(14)18/h3,6-7,10H,1,4-5,8-9,11H2,2H3,(H,22,23). The molecule has 0 saturated heterocycles. The van der Waals surface area contributed by atoms with Crippen LogP contribution in [0, 0.1) is 6.92 Å². The average Bonchev–Trinajstić information content (AvgIpc) is 2.94. The van der Waals surface area contributed by atoms with E-state index in [9.17, 15) is 4.79 Å². The van der Waals surface area contributed by atoms with Crippen LogP contribution in [0.3, 0.4) is 0 Å². The number of nitrogens with zero attached hydrogens (tertiary/aromatic N) is 3. The number of benzene rings is 1. The van der Waals surface area contributed by atoms with E-state index < -0.39 is 5.97 Å². The molecule has 0 aliphatic carbocycles. The van der Waals surface area contributed by atoms with Crippen molar-refractivity contribution in [3.05, 3.63) is 46.7 Å². The molecule has 2 rings (SSSR count). The van der Waals surface area contributed by atoms with E-state index in [1.54, 1.807) is 6.08 Å². The molecule has 1 N–H and O–H groups in total. The number of hydrogen-bond donors (Lipinski definition) is 1. The molecule has 6 nitrogen and oxygen atoms in total. The van der Waals surface area contributed by atoms with Gasteiger partial charge < -0.3 is 14.4 Å². The molecule has 0 aliphatic rings. The van der Waals surface area contributed by atoms with Gasteiger partial charge >= 0.3 is 5.97 Å². The molecule has 8 heteroatoms. The first kappa shape index (κ1) is 19.5. The summed E-state index contributed by atoms with van der Waals surface area (Å²) in [5.74, 6) is 0.701. The summed E-state index contributed by atoms with van der Waals surface area (Å²) < 4.78 is 8.62. The molecule has 1 aromatic heterocycles. The maximum atomic E-state index is 10.7. The fourth-order valence-corrected chi connectivity index (χ4v) is 3.48. The van der Waals surface area contributed by atoms with Crippen molar-refractivity contribution < 1.29 is 14.6 Å². The molecule has 0 amide bonds. The quantitative estimate of drug-likeness (QED) is 0.355. The highest BCUT2D eigenvalue weighted by Gasteiger charge is 2.13. The lowest BCUT2D eigenvalue weighted by Gasteiger charge is -2.09. The van der Waals surface area contributed by atoms with E-state index in [2.05, 4.69) is 32.7 Å². The van der Waals surface area contributed by atoms with Crippen molar-refractivity contribution in [3.63, 3.8) is 0 Å². The summed E-state index contributed by atoms with van der Waals surface area (Å²) in [7, 11) is 0. The highest BCUT2D eigenvalue weighted by atomic mass is 79.9. The predicted octanol–water partition coefficient (Wildman–Crippen LogP) is 3.72. The number of rotatable bonds is 10. The molecule has 0 radical (unpaired) electrons. The van der Waals surface area contributed by atoms with E-state index in [1.165, 1.54) is 5.56 Å². The molecule has 0 unspecified atom stereocenters. The number of carbonyl (C=O) groups is 1. The molecule has 0 spiro atoms.